The van der Waals surface area contributed by atoms with Gasteiger partial charge in [0.15, 0.2) is 6.61 Å². The smallest absolute Gasteiger partial charge is 0.264 e. The molecule has 0 aromatic heterocycles. The summed E-state index contributed by atoms with van der Waals surface area (Å²) in [6.07, 6.45) is 0. The molecule has 1 aromatic rings. The molecule has 0 fully saturated rings. The van der Waals surface area contributed by atoms with E-state index in [0.29, 0.717) is 17.1 Å². The highest BCUT2D eigenvalue weighted by atomic mass is 16.5. The first-order valence-electron chi connectivity index (χ1n) is 5.90. The van der Waals surface area contributed by atoms with E-state index in [9.17, 15) is 10.0 Å². The van der Waals surface area contributed by atoms with Crippen molar-refractivity contribution < 1.29 is 20.2 Å². The van der Waals surface area contributed by atoms with Gasteiger partial charge in [-0.3, -0.25) is 4.79 Å². The van der Waals surface area contributed by atoms with Crippen LogP contribution in [0.25, 0.3) is 0 Å². The highest BCUT2D eigenvalue weighted by molar-refractivity contribution is 5.98. The van der Waals surface area contributed by atoms with Crippen LogP contribution in [0, 0.1) is 0 Å². The molecule has 0 saturated carbocycles. The van der Waals surface area contributed by atoms with Crippen LogP contribution in [-0.2, 0) is 10.2 Å². The van der Waals surface area contributed by atoms with Crippen LogP contribution in [0.2, 0.25) is 0 Å². The maximum absolute atomic E-state index is 11.6. The summed E-state index contributed by atoms with van der Waals surface area (Å²) >= 11 is 0. The fraction of sp³-hybridized carbons (Fsp3) is 0.462. The number of fused-ring (bicyclic) bond motifs is 1. The molecule has 1 heterocycles. The topological polar surface area (TPSA) is 66.4 Å². The molecule has 98 valence electrons. The summed E-state index contributed by atoms with van der Waals surface area (Å²) in [4.78, 5) is 13.2. The molecule has 1 aliphatic rings. The van der Waals surface area contributed by atoms with Crippen LogP contribution in [0.1, 0.15) is 26.3 Å². The lowest BCUT2D eigenvalue weighted by molar-refractivity contribution is -0.825. The fourth-order valence-corrected chi connectivity index (χ4v) is 1.94. The van der Waals surface area contributed by atoms with Crippen molar-refractivity contribution in [3.05, 3.63) is 17.7 Å². The summed E-state index contributed by atoms with van der Waals surface area (Å²) in [7, 11) is 1.72. The molecule has 0 radical (unpaired) electrons. The van der Waals surface area contributed by atoms with Crippen molar-refractivity contribution in [3.63, 3.8) is 0 Å². The van der Waals surface area contributed by atoms with Crippen molar-refractivity contribution in [2.45, 2.75) is 26.2 Å². The summed E-state index contributed by atoms with van der Waals surface area (Å²) in [5.74, 6) is 0.477. The highest BCUT2D eigenvalue weighted by Gasteiger charge is 2.29. The van der Waals surface area contributed by atoms with E-state index in [4.69, 9.17) is 4.74 Å². The van der Waals surface area contributed by atoms with E-state index >= 15 is 0 Å². The third-order valence-electron chi connectivity index (χ3n) is 3.18. The Kier molecular flexibility index (Phi) is 3.04. The van der Waals surface area contributed by atoms with Crippen LogP contribution < -0.4 is 15.1 Å². The van der Waals surface area contributed by atoms with Crippen molar-refractivity contribution in [1.82, 2.24) is 0 Å². The molecule has 1 aromatic carbocycles. The van der Waals surface area contributed by atoms with Gasteiger partial charge >= 0.3 is 0 Å². The average Bonchev–Trinajstić information content (AvgIpc) is 2.31. The van der Waals surface area contributed by atoms with Crippen LogP contribution >= 0.6 is 0 Å². The quantitative estimate of drug-likeness (QED) is 0.576. The Morgan fingerprint density at radius 2 is 2.06 bits per heavy atom. The number of rotatable bonds is 1. The summed E-state index contributed by atoms with van der Waals surface area (Å²) < 4.78 is 5.41. The Morgan fingerprint density at radius 3 is 2.61 bits per heavy atom. The maximum Gasteiger partial charge on any atom is 0.264 e. The third-order valence-corrected chi connectivity index (χ3v) is 3.18. The maximum atomic E-state index is 11.6. The normalized spacial score (nSPS) is 15.4. The molecule has 5 heteroatoms. The lowest BCUT2D eigenvalue weighted by Crippen LogP contribution is -2.74. The molecule has 0 unspecified atom stereocenters. The van der Waals surface area contributed by atoms with Crippen LogP contribution in [0.15, 0.2) is 12.1 Å². The van der Waals surface area contributed by atoms with Crippen molar-refractivity contribution in [1.29, 1.82) is 0 Å². The number of carbonyl (C=O) groups is 1. The lowest BCUT2D eigenvalue weighted by Gasteiger charge is -2.29. The second-order valence-electron chi connectivity index (χ2n) is 5.53. The second kappa shape index (κ2) is 4.26. The molecule has 0 bridgehead atoms. The van der Waals surface area contributed by atoms with Crippen LogP contribution in [0.4, 0.5) is 11.4 Å². The molecule has 0 atom stereocenters. The fourth-order valence-electron chi connectivity index (χ4n) is 1.94. The second-order valence-corrected chi connectivity index (χ2v) is 5.53. The molecule has 3 N–H and O–H groups in total. The third kappa shape index (κ3) is 2.07. The number of benzene rings is 1. The van der Waals surface area contributed by atoms with E-state index < -0.39 is 0 Å². The van der Waals surface area contributed by atoms with Gasteiger partial charge in [-0.15, -0.1) is 0 Å². The van der Waals surface area contributed by atoms with Crippen molar-refractivity contribution in [3.8, 4) is 5.75 Å². The number of likely N-dealkylation sites (N-methyl/N-ethyl adjacent to an activating group) is 1. The average molecular weight is 251 g/mol. The predicted molar refractivity (Wildman–Crippen MR) is 67.4 cm³/mol. The molecule has 5 nitrogen and oxygen atoms in total. The first-order valence-corrected chi connectivity index (χ1v) is 5.90. The van der Waals surface area contributed by atoms with Crippen molar-refractivity contribution in [2.24, 2.45) is 0 Å². The van der Waals surface area contributed by atoms with E-state index in [2.05, 4.69) is 20.8 Å². The van der Waals surface area contributed by atoms with Crippen LogP contribution in [0.3, 0.4) is 0 Å². The van der Waals surface area contributed by atoms with E-state index in [-0.39, 0.29) is 17.9 Å². The summed E-state index contributed by atoms with van der Waals surface area (Å²) in [6.45, 7) is 6.27. The van der Waals surface area contributed by atoms with Gasteiger partial charge in [0.05, 0.1) is 5.69 Å². The molecular formula is C13H19N2O3+. The number of nitrogens with zero attached hydrogens (tertiary/aromatic N) is 1. The number of carbonyl (C=O) groups excluding carboxylic acids is 1. The molecular weight excluding hydrogens is 232 g/mol. The molecule has 2 rings (SSSR count). The van der Waals surface area contributed by atoms with Crippen LogP contribution in [0.5, 0.6) is 5.75 Å². The SMILES string of the molecule is CN1C(=O)COc2c([NH2+]O)cc(C(C)(C)C)cc21. The van der Waals surface area contributed by atoms with E-state index in [0.717, 1.165) is 11.0 Å². The molecule has 1 amide bonds. The van der Waals surface area contributed by atoms with Crippen LogP contribution in [-0.4, -0.2) is 24.8 Å². The first kappa shape index (κ1) is 12.9. The summed E-state index contributed by atoms with van der Waals surface area (Å²) in [5, 5.41) is 9.33. The standard InChI is InChI=1S/C13H18N2O3/c1-13(2,3)8-5-9(14-17)12-10(6-8)15(4)11(16)7-18-12/h5-6,14,17H,7H2,1-4H3/p+1. The summed E-state index contributed by atoms with van der Waals surface area (Å²) in [6, 6.07) is 3.84. The van der Waals surface area contributed by atoms with Gasteiger partial charge < -0.3 is 9.64 Å². The highest BCUT2D eigenvalue weighted by Crippen LogP contribution is 2.40. The minimum atomic E-state index is -0.0857. The van der Waals surface area contributed by atoms with E-state index in [1.807, 2.05) is 12.1 Å². The zero-order valence-electron chi connectivity index (χ0n) is 11.2. The number of hydrogen-bond donors (Lipinski definition) is 2. The number of anilines is 1. The van der Waals surface area contributed by atoms with E-state index in [1.165, 1.54) is 0 Å². The number of hydrogen-bond acceptors (Lipinski definition) is 3. The minimum absolute atomic E-state index is 0.0131. The Balaban J connectivity index is 2.62. The van der Waals surface area contributed by atoms with E-state index in [1.54, 1.807) is 11.9 Å². The monoisotopic (exact) mass is 251 g/mol. The Labute approximate surface area is 106 Å². The predicted octanol–water partition coefficient (Wildman–Crippen LogP) is 0.923. The minimum Gasteiger partial charge on any atom is -0.476 e. The van der Waals surface area contributed by atoms with Gasteiger partial charge in [-0.1, -0.05) is 20.8 Å². The number of ether oxygens (including phenoxy) is 1. The van der Waals surface area contributed by atoms with Gasteiger partial charge in [-0.2, -0.15) is 5.48 Å². The van der Waals surface area contributed by atoms with Crippen molar-refractivity contribution in [2.75, 3.05) is 18.6 Å². The number of amides is 1. The Morgan fingerprint density at radius 1 is 1.39 bits per heavy atom. The molecule has 18 heavy (non-hydrogen) atoms. The lowest BCUT2D eigenvalue weighted by atomic mass is 9.86. The largest absolute Gasteiger partial charge is 0.476 e. The Hall–Kier alpha value is -1.59. The first-order chi connectivity index (χ1) is 8.34. The zero-order chi connectivity index (χ0) is 13.5. The molecule has 0 saturated heterocycles. The van der Waals surface area contributed by atoms with Gasteiger partial charge in [0, 0.05) is 13.1 Å². The molecule has 0 aliphatic carbocycles. The molecule has 0 spiro atoms. The van der Waals surface area contributed by atoms with Gasteiger partial charge in [-0.25, -0.2) is 5.21 Å². The Bertz CT molecular complexity index is 492. The molecule has 1 aliphatic heterocycles. The summed E-state index contributed by atoms with van der Waals surface area (Å²) in [5.41, 5.74) is 3.33. The van der Waals surface area contributed by atoms with Crippen molar-refractivity contribution >= 4 is 17.3 Å². The zero-order valence-corrected chi connectivity index (χ0v) is 11.2. The van der Waals surface area contributed by atoms with Gasteiger partial charge in [-0.05, 0) is 17.0 Å². The number of quaternary nitrogens is 1. The number of nitrogens with two attached hydrogens (primary N) is 1. The van der Waals surface area contributed by atoms with Gasteiger partial charge in [0.25, 0.3) is 5.91 Å². The van der Waals surface area contributed by atoms with Gasteiger partial charge in [0.2, 0.25) is 11.4 Å². The van der Waals surface area contributed by atoms with Gasteiger partial charge in [0.1, 0.15) is 0 Å².